The van der Waals surface area contributed by atoms with E-state index in [-0.39, 0.29) is 17.5 Å². The molecule has 0 bridgehead atoms. The average molecular weight is 357 g/mol. The molecular weight excluding hydrogens is 338 g/mol. The first-order chi connectivity index (χ1) is 12.5. The molecule has 3 rings (SSSR count). The SMILES string of the molecule is NC(=O)Nc1ccc(C(=O)NCC2(NC(=O)c3cn[nH]n3)CCC2)cc1. The zero-order chi connectivity index (χ0) is 18.6. The van der Waals surface area contributed by atoms with Gasteiger partial charge in [-0.3, -0.25) is 9.59 Å². The summed E-state index contributed by atoms with van der Waals surface area (Å²) in [6, 6.07) is 5.68. The average Bonchev–Trinajstić information content (AvgIpc) is 3.11. The van der Waals surface area contributed by atoms with E-state index in [1.807, 2.05) is 0 Å². The quantitative estimate of drug-likeness (QED) is 0.505. The topological polar surface area (TPSA) is 155 Å². The van der Waals surface area contributed by atoms with E-state index < -0.39 is 11.6 Å². The molecule has 2 aromatic rings. The number of primary amides is 1. The number of hydrogen-bond acceptors (Lipinski definition) is 5. The third-order valence-electron chi connectivity index (χ3n) is 4.34. The summed E-state index contributed by atoms with van der Waals surface area (Å²) in [5, 5.41) is 18.0. The van der Waals surface area contributed by atoms with Crippen molar-refractivity contribution in [1.29, 1.82) is 0 Å². The molecule has 1 heterocycles. The monoisotopic (exact) mass is 357 g/mol. The Labute approximate surface area is 148 Å². The van der Waals surface area contributed by atoms with Gasteiger partial charge < -0.3 is 21.7 Å². The Bertz CT molecular complexity index is 798. The van der Waals surface area contributed by atoms with E-state index in [1.165, 1.54) is 6.20 Å². The van der Waals surface area contributed by atoms with Crippen molar-refractivity contribution >= 4 is 23.5 Å². The van der Waals surface area contributed by atoms with Crippen molar-refractivity contribution in [2.24, 2.45) is 5.73 Å². The van der Waals surface area contributed by atoms with E-state index in [0.717, 1.165) is 19.3 Å². The van der Waals surface area contributed by atoms with E-state index in [0.29, 0.717) is 17.8 Å². The number of carbonyl (C=O) groups excluding carboxylic acids is 3. The number of benzene rings is 1. The number of rotatable bonds is 6. The van der Waals surface area contributed by atoms with Gasteiger partial charge in [-0.15, -0.1) is 0 Å². The highest BCUT2D eigenvalue weighted by Crippen LogP contribution is 2.31. The molecule has 1 aromatic heterocycles. The van der Waals surface area contributed by atoms with Crippen LogP contribution in [0.2, 0.25) is 0 Å². The van der Waals surface area contributed by atoms with Gasteiger partial charge in [0.2, 0.25) is 0 Å². The van der Waals surface area contributed by atoms with Gasteiger partial charge >= 0.3 is 6.03 Å². The van der Waals surface area contributed by atoms with Crippen LogP contribution >= 0.6 is 0 Å². The van der Waals surface area contributed by atoms with Crippen molar-refractivity contribution in [2.75, 3.05) is 11.9 Å². The van der Waals surface area contributed by atoms with Gasteiger partial charge in [-0.2, -0.15) is 15.4 Å². The molecule has 1 aliphatic rings. The molecule has 1 fully saturated rings. The van der Waals surface area contributed by atoms with Crippen LogP contribution in [0.5, 0.6) is 0 Å². The summed E-state index contributed by atoms with van der Waals surface area (Å²) in [5.41, 5.74) is 5.72. The number of anilines is 1. The smallest absolute Gasteiger partial charge is 0.316 e. The molecule has 0 unspecified atom stereocenters. The summed E-state index contributed by atoms with van der Waals surface area (Å²) in [7, 11) is 0. The molecule has 1 saturated carbocycles. The van der Waals surface area contributed by atoms with Gasteiger partial charge in [-0.25, -0.2) is 4.79 Å². The second kappa shape index (κ2) is 7.21. The number of aromatic nitrogens is 3. The number of urea groups is 1. The Morgan fingerprint density at radius 1 is 1.15 bits per heavy atom. The molecule has 10 heteroatoms. The Morgan fingerprint density at radius 3 is 2.42 bits per heavy atom. The van der Waals surface area contributed by atoms with E-state index in [4.69, 9.17) is 5.73 Å². The maximum Gasteiger partial charge on any atom is 0.316 e. The fourth-order valence-electron chi connectivity index (χ4n) is 2.76. The molecule has 0 aliphatic heterocycles. The number of nitrogens with one attached hydrogen (secondary N) is 4. The predicted molar refractivity (Wildman–Crippen MR) is 92.4 cm³/mol. The molecular formula is C16H19N7O3. The lowest BCUT2D eigenvalue weighted by atomic mass is 9.76. The number of nitrogens with two attached hydrogens (primary N) is 1. The fourth-order valence-corrected chi connectivity index (χ4v) is 2.76. The van der Waals surface area contributed by atoms with Gasteiger partial charge in [0.05, 0.1) is 11.7 Å². The molecule has 0 radical (unpaired) electrons. The highest BCUT2D eigenvalue weighted by molar-refractivity contribution is 5.96. The predicted octanol–water partition coefficient (Wildman–Crippen LogP) is 0.378. The van der Waals surface area contributed by atoms with Crippen LogP contribution in [-0.4, -0.2) is 45.3 Å². The number of nitrogens with zero attached hydrogens (tertiary/aromatic N) is 2. The minimum Gasteiger partial charge on any atom is -0.351 e. The van der Waals surface area contributed by atoms with Crippen molar-refractivity contribution in [3.63, 3.8) is 0 Å². The molecule has 0 atom stereocenters. The van der Waals surface area contributed by atoms with Crippen LogP contribution in [0.3, 0.4) is 0 Å². The molecule has 0 saturated heterocycles. The zero-order valence-corrected chi connectivity index (χ0v) is 13.9. The number of aromatic amines is 1. The summed E-state index contributed by atoms with van der Waals surface area (Å²) in [4.78, 5) is 35.3. The standard InChI is InChI=1S/C16H19N7O3/c17-15(26)20-11-4-2-10(3-5-11)13(24)18-9-16(6-1-7-16)21-14(25)12-8-19-23-22-12/h2-5,8H,1,6-7,9H2,(H,18,24)(H,21,25)(H3,17,20,26)(H,19,22,23). The van der Waals surface area contributed by atoms with Gasteiger partial charge in [0, 0.05) is 17.8 Å². The summed E-state index contributed by atoms with van der Waals surface area (Å²) in [6.45, 7) is 0.316. The van der Waals surface area contributed by atoms with Crippen LogP contribution < -0.4 is 21.7 Å². The highest BCUT2D eigenvalue weighted by atomic mass is 16.2. The second-order valence-corrected chi connectivity index (χ2v) is 6.19. The first kappa shape index (κ1) is 17.4. The van der Waals surface area contributed by atoms with Crippen molar-refractivity contribution in [2.45, 2.75) is 24.8 Å². The number of carbonyl (C=O) groups is 3. The zero-order valence-electron chi connectivity index (χ0n) is 13.9. The van der Waals surface area contributed by atoms with Crippen molar-refractivity contribution in [3.8, 4) is 0 Å². The van der Waals surface area contributed by atoms with Crippen LogP contribution in [0.1, 0.15) is 40.1 Å². The van der Waals surface area contributed by atoms with Crippen LogP contribution in [0, 0.1) is 0 Å². The van der Waals surface area contributed by atoms with Crippen LogP contribution in [-0.2, 0) is 0 Å². The van der Waals surface area contributed by atoms with Gasteiger partial charge in [0.15, 0.2) is 5.69 Å². The summed E-state index contributed by atoms with van der Waals surface area (Å²) in [5.74, 6) is -0.591. The molecule has 1 aliphatic carbocycles. The van der Waals surface area contributed by atoms with Gasteiger partial charge in [0.1, 0.15) is 0 Å². The van der Waals surface area contributed by atoms with E-state index in [9.17, 15) is 14.4 Å². The highest BCUT2D eigenvalue weighted by Gasteiger charge is 2.39. The van der Waals surface area contributed by atoms with Crippen LogP contribution in [0.15, 0.2) is 30.5 Å². The third kappa shape index (κ3) is 3.97. The fraction of sp³-hybridized carbons (Fsp3) is 0.312. The summed E-state index contributed by atoms with van der Waals surface area (Å²) in [6.07, 6.45) is 3.88. The molecule has 4 amide bonds. The largest absolute Gasteiger partial charge is 0.351 e. The lowest BCUT2D eigenvalue weighted by molar-refractivity contribution is 0.0785. The maximum absolute atomic E-state index is 12.3. The summed E-state index contributed by atoms with van der Waals surface area (Å²) < 4.78 is 0. The minimum atomic E-state index is -0.669. The van der Waals surface area contributed by atoms with Crippen LogP contribution in [0.4, 0.5) is 10.5 Å². The first-order valence-electron chi connectivity index (χ1n) is 8.10. The van der Waals surface area contributed by atoms with Gasteiger partial charge in [-0.1, -0.05) is 0 Å². The van der Waals surface area contributed by atoms with E-state index in [1.54, 1.807) is 24.3 Å². The lowest BCUT2D eigenvalue weighted by Gasteiger charge is -2.42. The minimum absolute atomic E-state index is 0.208. The number of amides is 4. The molecule has 136 valence electrons. The number of H-pyrrole nitrogens is 1. The van der Waals surface area contributed by atoms with Crippen molar-refractivity contribution in [1.82, 2.24) is 26.0 Å². The first-order valence-corrected chi connectivity index (χ1v) is 8.10. The number of hydrogen-bond donors (Lipinski definition) is 5. The van der Waals surface area contributed by atoms with Crippen molar-refractivity contribution in [3.05, 3.63) is 41.7 Å². The third-order valence-corrected chi connectivity index (χ3v) is 4.34. The molecule has 0 spiro atoms. The van der Waals surface area contributed by atoms with Gasteiger partial charge in [-0.05, 0) is 43.5 Å². The molecule has 10 nitrogen and oxygen atoms in total. The Morgan fingerprint density at radius 2 is 1.88 bits per heavy atom. The second-order valence-electron chi connectivity index (χ2n) is 6.19. The Hall–Kier alpha value is -3.43. The van der Waals surface area contributed by atoms with E-state index in [2.05, 4.69) is 31.4 Å². The summed E-state index contributed by atoms with van der Waals surface area (Å²) >= 11 is 0. The Balaban J connectivity index is 1.57. The molecule has 1 aromatic carbocycles. The lowest BCUT2D eigenvalue weighted by Crippen LogP contribution is -2.59. The van der Waals surface area contributed by atoms with Crippen LogP contribution in [0.25, 0.3) is 0 Å². The normalized spacial score (nSPS) is 14.8. The molecule has 6 N–H and O–H groups in total. The maximum atomic E-state index is 12.3. The van der Waals surface area contributed by atoms with E-state index >= 15 is 0 Å². The van der Waals surface area contributed by atoms with Gasteiger partial charge in [0.25, 0.3) is 11.8 Å². The van der Waals surface area contributed by atoms with Crippen molar-refractivity contribution < 1.29 is 14.4 Å². The Kier molecular flexibility index (Phi) is 4.83. The molecule has 26 heavy (non-hydrogen) atoms.